The van der Waals surface area contributed by atoms with Gasteiger partial charge < -0.3 is 4.48 Å². The van der Waals surface area contributed by atoms with Crippen LogP contribution in [0.3, 0.4) is 0 Å². The summed E-state index contributed by atoms with van der Waals surface area (Å²) in [6.45, 7) is 11.7. The third-order valence-corrected chi connectivity index (χ3v) is 4.24. The monoisotopic (exact) mass is 220 g/mol. The standard InChI is InChI=1S/C15H26N/c1-6-13-16(5,7-2)15(3,4)14-11-9-8-10-12-14/h8-12H,6-7,13H2,1-5H3/q+1. The molecular formula is C15H26N+. The van der Waals surface area contributed by atoms with Gasteiger partial charge in [0, 0.05) is 5.56 Å². The quantitative estimate of drug-likeness (QED) is 0.662. The lowest BCUT2D eigenvalue weighted by atomic mass is 9.89. The smallest absolute Gasteiger partial charge is 0.119 e. The Bertz CT molecular complexity index is 315. The van der Waals surface area contributed by atoms with Crippen LogP contribution in [0.4, 0.5) is 0 Å². The Kier molecular flexibility index (Phi) is 4.15. The summed E-state index contributed by atoms with van der Waals surface area (Å²) in [6, 6.07) is 10.9. The highest BCUT2D eigenvalue weighted by Gasteiger charge is 2.39. The molecule has 0 aliphatic heterocycles. The fourth-order valence-electron chi connectivity index (χ4n) is 2.48. The summed E-state index contributed by atoms with van der Waals surface area (Å²) < 4.78 is 1.10. The van der Waals surface area contributed by atoms with Crippen molar-refractivity contribution in [1.29, 1.82) is 0 Å². The van der Waals surface area contributed by atoms with Crippen LogP contribution in [-0.2, 0) is 5.54 Å². The number of nitrogens with zero attached hydrogens (tertiary/aromatic N) is 1. The summed E-state index contributed by atoms with van der Waals surface area (Å²) in [5, 5.41) is 0. The van der Waals surface area contributed by atoms with Crippen LogP contribution in [0.2, 0.25) is 0 Å². The summed E-state index contributed by atoms with van der Waals surface area (Å²) in [4.78, 5) is 0. The molecule has 1 aromatic carbocycles. The molecule has 0 aromatic heterocycles. The highest BCUT2D eigenvalue weighted by Crippen LogP contribution is 2.33. The minimum Gasteiger partial charge on any atom is -0.318 e. The van der Waals surface area contributed by atoms with E-state index >= 15 is 0 Å². The van der Waals surface area contributed by atoms with Crippen molar-refractivity contribution in [2.45, 2.75) is 39.7 Å². The molecule has 0 amide bonds. The van der Waals surface area contributed by atoms with Gasteiger partial charge in [0.1, 0.15) is 5.54 Å². The largest absolute Gasteiger partial charge is 0.318 e. The van der Waals surface area contributed by atoms with Gasteiger partial charge in [-0.05, 0) is 27.2 Å². The summed E-state index contributed by atoms with van der Waals surface area (Å²) in [6.07, 6.45) is 1.24. The minimum absolute atomic E-state index is 0.187. The lowest BCUT2D eigenvalue weighted by Crippen LogP contribution is -2.57. The Morgan fingerprint density at radius 3 is 2.06 bits per heavy atom. The van der Waals surface area contributed by atoms with Crippen molar-refractivity contribution < 1.29 is 4.48 Å². The van der Waals surface area contributed by atoms with Crippen molar-refractivity contribution in [1.82, 2.24) is 0 Å². The van der Waals surface area contributed by atoms with E-state index < -0.39 is 0 Å². The second kappa shape index (κ2) is 5.01. The van der Waals surface area contributed by atoms with Gasteiger partial charge in [0.15, 0.2) is 0 Å². The molecule has 90 valence electrons. The van der Waals surface area contributed by atoms with Crippen LogP contribution in [0.25, 0.3) is 0 Å². The van der Waals surface area contributed by atoms with Crippen LogP contribution in [0.5, 0.6) is 0 Å². The van der Waals surface area contributed by atoms with Crippen molar-refractivity contribution in [2.75, 3.05) is 20.1 Å². The van der Waals surface area contributed by atoms with E-state index in [1.807, 2.05) is 0 Å². The van der Waals surface area contributed by atoms with Gasteiger partial charge in [-0.25, -0.2) is 0 Å². The minimum atomic E-state index is 0.187. The molecule has 16 heavy (non-hydrogen) atoms. The number of benzene rings is 1. The summed E-state index contributed by atoms with van der Waals surface area (Å²) in [7, 11) is 2.37. The fourth-order valence-corrected chi connectivity index (χ4v) is 2.48. The maximum absolute atomic E-state index is 2.37. The Morgan fingerprint density at radius 2 is 1.62 bits per heavy atom. The van der Waals surface area contributed by atoms with Gasteiger partial charge in [0.2, 0.25) is 0 Å². The molecule has 1 rings (SSSR count). The molecule has 0 bridgehead atoms. The topological polar surface area (TPSA) is 0 Å². The number of hydrogen-bond acceptors (Lipinski definition) is 0. The second-order valence-corrected chi connectivity index (χ2v) is 5.36. The Balaban J connectivity index is 3.08. The number of rotatable bonds is 5. The third-order valence-electron chi connectivity index (χ3n) is 4.24. The molecule has 1 aromatic rings. The van der Waals surface area contributed by atoms with E-state index in [1.165, 1.54) is 25.1 Å². The average Bonchev–Trinajstić information content (AvgIpc) is 2.30. The van der Waals surface area contributed by atoms with Gasteiger partial charge in [-0.15, -0.1) is 0 Å². The SMILES string of the molecule is CCC[N+](C)(CC)C(C)(C)c1ccccc1. The van der Waals surface area contributed by atoms with E-state index in [9.17, 15) is 0 Å². The van der Waals surface area contributed by atoms with Crippen LogP contribution in [0.1, 0.15) is 39.7 Å². The molecule has 0 heterocycles. The molecule has 1 atom stereocenters. The fraction of sp³-hybridized carbons (Fsp3) is 0.600. The van der Waals surface area contributed by atoms with Crippen LogP contribution in [0.15, 0.2) is 30.3 Å². The first-order valence-corrected chi connectivity index (χ1v) is 6.38. The van der Waals surface area contributed by atoms with Crippen LogP contribution >= 0.6 is 0 Å². The van der Waals surface area contributed by atoms with E-state index in [0.717, 1.165) is 4.48 Å². The lowest BCUT2D eigenvalue weighted by Gasteiger charge is -2.47. The van der Waals surface area contributed by atoms with E-state index in [4.69, 9.17) is 0 Å². The molecule has 0 spiro atoms. The normalized spacial score (nSPS) is 15.8. The maximum Gasteiger partial charge on any atom is 0.119 e. The third kappa shape index (κ3) is 2.30. The van der Waals surface area contributed by atoms with Gasteiger partial charge in [0.05, 0.1) is 20.1 Å². The number of quaternary nitrogens is 1. The lowest BCUT2D eigenvalue weighted by molar-refractivity contribution is -0.961. The maximum atomic E-state index is 2.37. The molecule has 0 aliphatic carbocycles. The van der Waals surface area contributed by atoms with Gasteiger partial charge in [-0.1, -0.05) is 37.3 Å². The molecule has 1 nitrogen and oxygen atoms in total. The van der Waals surface area contributed by atoms with Crippen LogP contribution in [0, 0.1) is 0 Å². The predicted molar refractivity (Wildman–Crippen MR) is 71.4 cm³/mol. The Labute approximate surface area is 101 Å². The van der Waals surface area contributed by atoms with Crippen LogP contribution in [-0.4, -0.2) is 24.6 Å². The Morgan fingerprint density at radius 1 is 1.06 bits per heavy atom. The average molecular weight is 220 g/mol. The molecule has 0 aliphatic rings. The van der Waals surface area contributed by atoms with Crippen molar-refractivity contribution in [2.24, 2.45) is 0 Å². The van der Waals surface area contributed by atoms with Crippen molar-refractivity contribution >= 4 is 0 Å². The first-order chi connectivity index (χ1) is 7.48. The zero-order valence-electron chi connectivity index (χ0n) is 11.5. The van der Waals surface area contributed by atoms with Gasteiger partial charge >= 0.3 is 0 Å². The molecular weight excluding hydrogens is 194 g/mol. The highest BCUT2D eigenvalue weighted by molar-refractivity contribution is 5.20. The predicted octanol–water partition coefficient (Wildman–Crippen LogP) is 3.80. The summed E-state index contributed by atoms with van der Waals surface area (Å²) in [5.41, 5.74) is 1.62. The van der Waals surface area contributed by atoms with Crippen LogP contribution < -0.4 is 0 Å². The first-order valence-electron chi connectivity index (χ1n) is 6.38. The zero-order valence-corrected chi connectivity index (χ0v) is 11.5. The van der Waals surface area contributed by atoms with E-state index in [1.54, 1.807) is 0 Å². The van der Waals surface area contributed by atoms with Gasteiger partial charge in [-0.2, -0.15) is 0 Å². The molecule has 1 heteroatoms. The van der Waals surface area contributed by atoms with E-state index in [0.29, 0.717) is 0 Å². The zero-order chi connectivity index (χ0) is 12.2. The van der Waals surface area contributed by atoms with E-state index in [-0.39, 0.29) is 5.54 Å². The van der Waals surface area contributed by atoms with Crippen molar-refractivity contribution in [3.05, 3.63) is 35.9 Å². The summed E-state index contributed by atoms with van der Waals surface area (Å²) in [5.74, 6) is 0. The highest BCUT2D eigenvalue weighted by atomic mass is 15.4. The Hall–Kier alpha value is -0.820. The molecule has 0 radical (unpaired) electrons. The molecule has 0 saturated heterocycles. The van der Waals surface area contributed by atoms with Crippen molar-refractivity contribution in [3.63, 3.8) is 0 Å². The molecule has 1 unspecified atom stereocenters. The number of hydrogen-bond donors (Lipinski definition) is 0. The summed E-state index contributed by atoms with van der Waals surface area (Å²) >= 11 is 0. The second-order valence-electron chi connectivity index (χ2n) is 5.36. The molecule has 0 saturated carbocycles. The van der Waals surface area contributed by atoms with Gasteiger partial charge in [0.25, 0.3) is 0 Å². The molecule has 0 fully saturated rings. The molecule has 0 N–H and O–H groups in total. The van der Waals surface area contributed by atoms with Gasteiger partial charge in [-0.3, -0.25) is 0 Å². The van der Waals surface area contributed by atoms with E-state index in [2.05, 4.69) is 65.1 Å². The van der Waals surface area contributed by atoms with Crippen molar-refractivity contribution in [3.8, 4) is 0 Å². The first kappa shape index (κ1) is 13.2.